The van der Waals surface area contributed by atoms with E-state index in [0.29, 0.717) is 5.82 Å². The molecule has 0 atom stereocenters. The van der Waals surface area contributed by atoms with Crippen molar-refractivity contribution in [3.63, 3.8) is 0 Å². The van der Waals surface area contributed by atoms with Crippen LogP contribution in [-0.4, -0.2) is 17.0 Å². The molecule has 2 N–H and O–H groups in total. The molecule has 0 saturated heterocycles. The van der Waals surface area contributed by atoms with E-state index in [1.165, 1.54) is 11.9 Å². The molecule has 106 valence electrons. The number of hydrogen-bond donors (Lipinski definition) is 1. The Labute approximate surface area is 128 Å². The highest BCUT2D eigenvalue weighted by atomic mass is 79.9. The molecule has 0 amide bonds. The van der Waals surface area contributed by atoms with Gasteiger partial charge in [0.15, 0.2) is 0 Å². The van der Waals surface area contributed by atoms with Gasteiger partial charge in [0.25, 0.3) is 0 Å². The van der Waals surface area contributed by atoms with Gasteiger partial charge in [-0.05, 0) is 24.1 Å². The number of halogens is 1. The molecule has 1 aromatic carbocycles. The molecule has 5 heteroatoms. The number of aromatic nitrogens is 2. The number of benzene rings is 1. The Kier molecular flexibility index (Phi) is 4.95. The average Bonchev–Trinajstić information content (AvgIpc) is 2.43. The van der Waals surface area contributed by atoms with E-state index < -0.39 is 0 Å². The van der Waals surface area contributed by atoms with E-state index in [9.17, 15) is 0 Å². The summed E-state index contributed by atoms with van der Waals surface area (Å²) in [6, 6.07) is 8.30. The molecule has 4 nitrogen and oxygen atoms in total. The lowest BCUT2D eigenvalue weighted by Gasteiger charge is -2.21. The molecule has 1 heterocycles. The van der Waals surface area contributed by atoms with Crippen molar-refractivity contribution in [1.29, 1.82) is 0 Å². The van der Waals surface area contributed by atoms with Gasteiger partial charge < -0.3 is 10.6 Å². The Morgan fingerprint density at radius 3 is 2.55 bits per heavy atom. The van der Waals surface area contributed by atoms with Gasteiger partial charge in [-0.15, -0.1) is 0 Å². The zero-order valence-corrected chi connectivity index (χ0v) is 13.4. The fourth-order valence-corrected chi connectivity index (χ4v) is 2.44. The molecule has 0 radical (unpaired) electrons. The van der Waals surface area contributed by atoms with Crippen LogP contribution in [0.4, 0.5) is 11.6 Å². The molecule has 20 heavy (non-hydrogen) atoms. The first kappa shape index (κ1) is 14.8. The third-order valence-corrected chi connectivity index (χ3v) is 3.68. The Morgan fingerprint density at radius 1 is 1.20 bits per heavy atom. The first-order valence-electron chi connectivity index (χ1n) is 6.66. The van der Waals surface area contributed by atoms with Crippen LogP contribution < -0.4 is 10.6 Å². The summed E-state index contributed by atoms with van der Waals surface area (Å²) >= 11 is 3.45. The quantitative estimate of drug-likeness (QED) is 0.910. The molecule has 1 aromatic heterocycles. The van der Waals surface area contributed by atoms with E-state index in [1.54, 1.807) is 0 Å². The maximum absolute atomic E-state index is 5.97. The number of nitrogen functional groups attached to an aromatic ring is 1. The van der Waals surface area contributed by atoms with Gasteiger partial charge in [0.2, 0.25) is 0 Å². The zero-order chi connectivity index (χ0) is 14.5. The lowest BCUT2D eigenvalue weighted by molar-refractivity contribution is 0.845. The van der Waals surface area contributed by atoms with Gasteiger partial charge in [-0.2, -0.15) is 0 Å². The molecule has 0 aliphatic rings. The van der Waals surface area contributed by atoms with Gasteiger partial charge in [0, 0.05) is 23.6 Å². The first-order valence-corrected chi connectivity index (χ1v) is 7.46. The van der Waals surface area contributed by atoms with Crippen LogP contribution in [0.25, 0.3) is 0 Å². The highest BCUT2D eigenvalue weighted by Gasteiger charge is 2.12. The number of nitrogens with two attached hydrogens (primary N) is 1. The van der Waals surface area contributed by atoms with Crippen LogP contribution >= 0.6 is 15.9 Å². The SMILES string of the molecule is CCCc1c(N)ncnc1N(C)Cc1ccc(Br)cc1. The van der Waals surface area contributed by atoms with Crippen molar-refractivity contribution in [2.75, 3.05) is 17.7 Å². The average molecular weight is 335 g/mol. The van der Waals surface area contributed by atoms with Crippen LogP contribution in [0, 0.1) is 0 Å². The van der Waals surface area contributed by atoms with Crippen molar-refractivity contribution in [3.05, 3.63) is 46.2 Å². The Balaban J connectivity index is 2.22. The fraction of sp³-hybridized carbons (Fsp3) is 0.333. The Hall–Kier alpha value is -1.62. The lowest BCUT2D eigenvalue weighted by atomic mass is 10.1. The van der Waals surface area contributed by atoms with E-state index in [1.807, 2.05) is 19.2 Å². The predicted octanol–water partition coefficient (Wildman–Crippen LogP) is 3.41. The second kappa shape index (κ2) is 6.70. The number of nitrogens with zero attached hydrogens (tertiary/aromatic N) is 3. The van der Waals surface area contributed by atoms with Crippen LogP contribution in [-0.2, 0) is 13.0 Å². The summed E-state index contributed by atoms with van der Waals surface area (Å²) in [7, 11) is 2.03. The maximum Gasteiger partial charge on any atom is 0.137 e. The minimum atomic E-state index is 0.583. The summed E-state index contributed by atoms with van der Waals surface area (Å²) < 4.78 is 1.09. The second-order valence-corrected chi connectivity index (χ2v) is 5.71. The number of hydrogen-bond acceptors (Lipinski definition) is 4. The van der Waals surface area contributed by atoms with Crippen LogP contribution in [0.3, 0.4) is 0 Å². The topological polar surface area (TPSA) is 55.0 Å². The highest BCUT2D eigenvalue weighted by Crippen LogP contribution is 2.23. The van der Waals surface area contributed by atoms with Crippen LogP contribution in [0.1, 0.15) is 24.5 Å². The molecular formula is C15H19BrN4. The lowest BCUT2D eigenvalue weighted by Crippen LogP contribution is -2.20. The number of anilines is 2. The molecular weight excluding hydrogens is 316 g/mol. The summed E-state index contributed by atoms with van der Waals surface area (Å²) in [6.45, 7) is 2.92. The summed E-state index contributed by atoms with van der Waals surface area (Å²) in [5.41, 5.74) is 8.24. The van der Waals surface area contributed by atoms with Crippen molar-refractivity contribution in [1.82, 2.24) is 9.97 Å². The molecule has 0 fully saturated rings. The normalized spacial score (nSPS) is 10.6. The van der Waals surface area contributed by atoms with Crippen molar-refractivity contribution < 1.29 is 0 Å². The minimum Gasteiger partial charge on any atom is -0.383 e. The van der Waals surface area contributed by atoms with E-state index in [2.05, 4.69) is 49.9 Å². The van der Waals surface area contributed by atoms with Crippen LogP contribution in [0.5, 0.6) is 0 Å². The molecule has 0 aliphatic heterocycles. The van der Waals surface area contributed by atoms with Crippen LogP contribution in [0.15, 0.2) is 35.1 Å². The van der Waals surface area contributed by atoms with E-state index in [4.69, 9.17) is 5.73 Å². The number of rotatable bonds is 5. The zero-order valence-electron chi connectivity index (χ0n) is 11.8. The Bertz CT molecular complexity index is 569. The van der Waals surface area contributed by atoms with E-state index >= 15 is 0 Å². The largest absolute Gasteiger partial charge is 0.383 e. The van der Waals surface area contributed by atoms with Crippen LogP contribution in [0.2, 0.25) is 0 Å². The molecule has 0 unspecified atom stereocenters. The van der Waals surface area contributed by atoms with E-state index in [0.717, 1.165) is 35.2 Å². The summed E-state index contributed by atoms with van der Waals surface area (Å²) in [6.07, 6.45) is 3.45. The molecule has 2 rings (SSSR count). The van der Waals surface area contributed by atoms with Gasteiger partial charge in [-0.25, -0.2) is 9.97 Å². The van der Waals surface area contributed by atoms with Gasteiger partial charge in [0.05, 0.1) is 0 Å². The monoisotopic (exact) mass is 334 g/mol. The maximum atomic E-state index is 5.97. The molecule has 0 saturated carbocycles. The molecule has 0 bridgehead atoms. The summed E-state index contributed by atoms with van der Waals surface area (Å²) in [4.78, 5) is 10.6. The van der Waals surface area contributed by atoms with Crippen molar-refractivity contribution in [2.45, 2.75) is 26.3 Å². The fourth-order valence-electron chi connectivity index (χ4n) is 2.17. The molecule has 2 aromatic rings. The first-order chi connectivity index (χ1) is 9.61. The summed E-state index contributed by atoms with van der Waals surface area (Å²) in [5.74, 6) is 1.50. The van der Waals surface area contributed by atoms with Gasteiger partial charge >= 0.3 is 0 Å². The van der Waals surface area contributed by atoms with Crippen molar-refractivity contribution in [2.24, 2.45) is 0 Å². The third kappa shape index (κ3) is 3.48. The predicted molar refractivity (Wildman–Crippen MR) is 86.7 cm³/mol. The Morgan fingerprint density at radius 2 is 1.90 bits per heavy atom. The third-order valence-electron chi connectivity index (χ3n) is 3.15. The highest BCUT2D eigenvalue weighted by molar-refractivity contribution is 9.10. The van der Waals surface area contributed by atoms with Crippen molar-refractivity contribution in [3.8, 4) is 0 Å². The molecule has 0 spiro atoms. The second-order valence-electron chi connectivity index (χ2n) is 4.79. The summed E-state index contributed by atoms with van der Waals surface area (Å²) in [5, 5.41) is 0. The van der Waals surface area contributed by atoms with Gasteiger partial charge in [0.1, 0.15) is 18.0 Å². The van der Waals surface area contributed by atoms with Gasteiger partial charge in [-0.1, -0.05) is 41.4 Å². The smallest absolute Gasteiger partial charge is 0.137 e. The van der Waals surface area contributed by atoms with Gasteiger partial charge in [-0.3, -0.25) is 0 Å². The molecule has 0 aliphatic carbocycles. The standard InChI is InChI=1S/C15H19BrN4/c1-3-4-13-14(17)18-10-19-15(13)20(2)9-11-5-7-12(16)8-6-11/h5-8,10H,3-4,9H2,1-2H3,(H2,17,18,19). The van der Waals surface area contributed by atoms with Crippen molar-refractivity contribution >= 4 is 27.6 Å². The van der Waals surface area contributed by atoms with E-state index in [-0.39, 0.29) is 0 Å². The minimum absolute atomic E-state index is 0.583.